The molecule has 246 valence electrons. The van der Waals surface area contributed by atoms with Crippen LogP contribution in [0.15, 0.2) is 133 Å². The zero-order chi connectivity index (χ0) is 34.5. The Morgan fingerprint density at radius 1 is 0.520 bits per heavy atom. The summed E-state index contributed by atoms with van der Waals surface area (Å²) >= 11 is 0. The molecule has 10 heteroatoms. The predicted molar refractivity (Wildman–Crippen MR) is 193 cm³/mol. The smallest absolute Gasteiger partial charge is 0.252 e. The van der Waals surface area contributed by atoms with Crippen LogP contribution in [0.4, 0.5) is 0 Å². The first-order chi connectivity index (χ1) is 24.4. The molecule has 2 unspecified atom stereocenters. The number of carbonyl (C=O) groups is 2. The molecule has 0 saturated heterocycles. The fraction of sp³-hybridized carbons (Fsp3) is 0.100. The maximum absolute atomic E-state index is 13.4. The van der Waals surface area contributed by atoms with Gasteiger partial charge in [0.2, 0.25) is 0 Å². The van der Waals surface area contributed by atoms with Crippen molar-refractivity contribution in [3.05, 3.63) is 156 Å². The molecule has 0 bridgehead atoms. The van der Waals surface area contributed by atoms with Crippen molar-refractivity contribution in [2.24, 2.45) is 0 Å². The van der Waals surface area contributed by atoms with Crippen LogP contribution in [0, 0.1) is 0 Å². The van der Waals surface area contributed by atoms with Gasteiger partial charge in [-0.3, -0.25) is 19.8 Å². The van der Waals surface area contributed by atoms with E-state index >= 15 is 0 Å². The summed E-state index contributed by atoms with van der Waals surface area (Å²) in [7, 11) is 0. The minimum atomic E-state index is -0.206. The van der Waals surface area contributed by atoms with E-state index in [0.29, 0.717) is 45.6 Å². The van der Waals surface area contributed by atoms with E-state index in [9.17, 15) is 9.59 Å². The maximum atomic E-state index is 13.4. The molecule has 7 aromatic rings. The van der Waals surface area contributed by atoms with Crippen molar-refractivity contribution in [1.82, 2.24) is 41.0 Å². The third-order valence-corrected chi connectivity index (χ3v) is 8.50. The molecule has 2 aromatic heterocycles. The first kappa shape index (κ1) is 31.9. The third-order valence-electron chi connectivity index (χ3n) is 8.50. The van der Waals surface area contributed by atoms with E-state index in [0.717, 1.165) is 22.3 Å². The van der Waals surface area contributed by atoms with Gasteiger partial charge in [-0.2, -0.15) is 10.2 Å². The van der Waals surface area contributed by atoms with Crippen LogP contribution in [0.5, 0.6) is 0 Å². The molecule has 0 saturated carbocycles. The lowest BCUT2D eigenvalue weighted by Gasteiger charge is -2.15. The molecule has 0 radical (unpaired) electrons. The number of rotatable bonds is 10. The molecule has 2 amide bonds. The topological polar surface area (TPSA) is 141 Å². The van der Waals surface area contributed by atoms with Gasteiger partial charge in [0.15, 0.2) is 23.3 Å². The van der Waals surface area contributed by atoms with Crippen LogP contribution in [0.25, 0.3) is 45.6 Å². The fourth-order valence-corrected chi connectivity index (χ4v) is 5.79. The number of nitrogens with zero attached hydrogens (tertiary/aromatic N) is 4. The SMILES string of the molecule is CC(NC(=O)c1ccccc1-c1nc(-c2cccc(-c3n[nH]c(-c4ccccc4C(=O)NC(C)c4ccccc4)n3)c2)n[nH]1)c1ccccc1. The van der Waals surface area contributed by atoms with Crippen LogP contribution >= 0.6 is 0 Å². The summed E-state index contributed by atoms with van der Waals surface area (Å²) in [5.41, 5.74) is 5.77. The highest BCUT2D eigenvalue weighted by Gasteiger charge is 2.20. The Kier molecular flexibility index (Phi) is 9.06. The number of H-pyrrole nitrogens is 2. The lowest BCUT2D eigenvalue weighted by molar-refractivity contribution is 0.0932. The second-order valence-electron chi connectivity index (χ2n) is 11.9. The molecular weight excluding hydrogens is 624 g/mol. The van der Waals surface area contributed by atoms with Crippen molar-refractivity contribution in [2.75, 3.05) is 0 Å². The second-order valence-corrected chi connectivity index (χ2v) is 11.9. The number of carbonyl (C=O) groups excluding carboxylic acids is 2. The minimum absolute atomic E-state index is 0.171. The summed E-state index contributed by atoms with van der Waals surface area (Å²) in [4.78, 5) is 36.2. The van der Waals surface area contributed by atoms with E-state index in [1.165, 1.54) is 0 Å². The maximum Gasteiger partial charge on any atom is 0.252 e. The normalized spacial score (nSPS) is 12.2. The highest BCUT2D eigenvalue weighted by Crippen LogP contribution is 2.28. The van der Waals surface area contributed by atoms with Gasteiger partial charge in [-0.25, -0.2) is 9.97 Å². The van der Waals surface area contributed by atoms with Gasteiger partial charge in [0.25, 0.3) is 11.8 Å². The van der Waals surface area contributed by atoms with Crippen molar-refractivity contribution < 1.29 is 9.59 Å². The summed E-state index contributed by atoms with van der Waals surface area (Å²) < 4.78 is 0. The van der Waals surface area contributed by atoms with Gasteiger partial charge in [0.05, 0.1) is 23.2 Å². The molecule has 2 heterocycles. The molecule has 0 fully saturated rings. The molecule has 7 rings (SSSR count). The monoisotopic (exact) mass is 658 g/mol. The van der Waals surface area contributed by atoms with Crippen LogP contribution in [0.2, 0.25) is 0 Å². The van der Waals surface area contributed by atoms with E-state index in [-0.39, 0.29) is 23.9 Å². The van der Waals surface area contributed by atoms with Crippen LogP contribution in [-0.4, -0.2) is 42.2 Å². The fourth-order valence-electron chi connectivity index (χ4n) is 5.79. The quantitative estimate of drug-likeness (QED) is 0.119. The van der Waals surface area contributed by atoms with Gasteiger partial charge in [0.1, 0.15) is 0 Å². The summed E-state index contributed by atoms with van der Waals surface area (Å²) in [6.45, 7) is 3.91. The van der Waals surface area contributed by atoms with Crippen molar-refractivity contribution in [3.63, 3.8) is 0 Å². The van der Waals surface area contributed by atoms with Crippen LogP contribution in [-0.2, 0) is 0 Å². The Morgan fingerprint density at radius 2 is 0.920 bits per heavy atom. The summed E-state index contributed by atoms with van der Waals surface area (Å²) in [5.74, 6) is 1.45. The average molecular weight is 659 g/mol. The van der Waals surface area contributed by atoms with Gasteiger partial charge in [0, 0.05) is 22.3 Å². The van der Waals surface area contributed by atoms with E-state index < -0.39 is 0 Å². The lowest BCUT2D eigenvalue weighted by Crippen LogP contribution is -2.27. The molecule has 10 nitrogen and oxygen atoms in total. The molecule has 4 N–H and O–H groups in total. The van der Waals surface area contributed by atoms with E-state index in [1.807, 2.05) is 135 Å². The van der Waals surface area contributed by atoms with Crippen LogP contribution in [0.1, 0.15) is 57.8 Å². The molecule has 50 heavy (non-hydrogen) atoms. The molecule has 2 atom stereocenters. The number of hydrogen-bond donors (Lipinski definition) is 4. The van der Waals surface area contributed by atoms with E-state index in [1.54, 1.807) is 12.1 Å². The van der Waals surface area contributed by atoms with Crippen LogP contribution in [0.3, 0.4) is 0 Å². The number of hydrogen-bond acceptors (Lipinski definition) is 6. The summed E-state index contributed by atoms with van der Waals surface area (Å²) in [6, 6.07) is 41.5. The first-order valence-electron chi connectivity index (χ1n) is 16.3. The number of aromatic amines is 2. The molecular formula is C40H34N8O2. The molecule has 0 aliphatic rings. The van der Waals surface area contributed by atoms with Crippen molar-refractivity contribution in [1.29, 1.82) is 0 Å². The molecule has 0 aliphatic carbocycles. The zero-order valence-corrected chi connectivity index (χ0v) is 27.5. The Hall–Kier alpha value is -6.68. The largest absolute Gasteiger partial charge is 0.345 e. The molecule has 0 spiro atoms. The Morgan fingerprint density at radius 3 is 1.36 bits per heavy atom. The zero-order valence-electron chi connectivity index (χ0n) is 27.5. The predicted octanol–water partition coefficient (Wildman–Crippen LogP) is 7.57. The average Bonchev–Trinajstić information content (AvgIpc) is 3.87. The molecule has 0 aliphatic heterocycles. The lowest BCUT2D eigenvalue weighted by atomic mass is 10.0. The van der Waals surface area contributed by atoms with Gasteiger partial charge in [-0.1, -0.05) is 115 Å². The van der Waals surface area contributed by atoms with Gasteiger partial charge in [-0.15, -0.1) is 0 Å². The van der Waals surface area contributed by atoms with Crippen LogP contribution < -0.4 is 10.6 Å². The van der Waals surface area contributed by atoms with Gasteiger partial charge < -0.3 is 10.6 Å². The number of benzene rings is 5. The number of amides is 2. The second kappa shape index (κ2) is 14.2. The van der Waals surface area contributed by atoms with Crippen molar-refractivity contribution in [2.45, 2.75) is 25.9 Å². The summed E-state index contributed by atoms with van der Waals surface area (Å²) in [6.07, 6.45) is 0. The highest BCUT2D eigenvalue weighted by atomic mass is 16.2. The Balaban J connectivity index is 1.10. The standard InChI is InChI=1S/C40H34N8O2/c1-25(27-14-5-3-6-15-27)41-39(49)33-22-11-9-20-31(33)37-43-35(45-47-37)29-18-13-19-30(24-29)36-44-38(48-46-36)32-21-10-12-23-34(32)40(50)42-26(2)28-16-7-4-8-17-28/h3-26H,1-2H3,(H,41,49)(H,42,50)(H,43,45,47)(H,44,46,48). The van der Waals surface area contributed by atoms with E-state index in [2.05, 4.69) is 31.0 Å². The number of nitrogens with one attached hydrogen (secondary N) is 4. The number of aromatic nitrogens is 6. The van der Waals surface area contributed by atoms with Gasteiger partial charge in [-0.05, 0) is 43.2 Å². The minimum Gasteiger partial charge on any atom is -0.345 e. The Bertz CT molecular complexity index is 2110. The van der Waals surface area contributed by atoms with E-state index in [4.69, 9.17) is 9.97 Å². The molecule has 5 aromatic carbocycles. The Labute approximate surface area is 289 Å². The van der Waals surface area contributed by atoms with Crippen molar-refractivity contribution >= 4 is 11.8 Å². The van der Waals surface area contributed by atoms with Gasteiger partial charge >= 0.3 is 0 Å². The first-order valence-corrected chi connectivity index (χ1v) is 16.3. The third kappa shape index (κ3) is 6.81. The highest BCUT2D eigenvalue weighted by molar-refractivity contribution is 6.01. The summed E-state index contributed by atoms with van der Waals surface area (Å²) in [5, 5.41) is 21.1. The van der Waals surface area contributed by atoms with Crippen molar-refractivity contribution in [3.8, 4) is 45.6 Å².